The lowest BCUT2D eigenvalue weighted by Crippen LogP contribution is -2.47. The fourth-order valence-corrected chi connectivity index (χ4v) is 3.89. The first-order valence-corrected chi connectivity index (χ1v) is 11.3. The van der Waals surface area contributed by atoms with E-state index in [0.29, 0.717) is 61.2 Å². The molecule has 2 aromatic rings. The number of piperazine rings is 1. The average Bonchev–Trinajstić information content (AvgIpc) is 2.79. The van der Waals surface area contributed by atoms with Crippen LogP contribution in [0.1, 0.15) is 22.3 Å². The molecular weight excluding hydrogens is 476 g/mol. The predicted molar refractivity (Wildman–Crippen MR) is 124 cm³/mol. The maximum absolute atomic E-state index is 14.6. The molecule has 1 saturated heterocycles. The quantitative estimate of drug-likeness (QED) is 0.359. The van der Waals surface area contributed by atoms with Gasteiger partial charge in [-0.2, -0.15) is 13.2 Å². The predicted octanol–water partition coefficient (Wildman–Crippen LogP) is 3.89. The first kappa shape index (κ1) is 26.2. The SMILES string of the molecule is O=C(Nc1ccc(Cl)cc1N1CCN(CCC(F)(F)F)CC1)c1ccc(CNCCO)cc1F. The van der Waals surface area contributed by atoms with Crippen molar-refractivity contribution >= 4 is 28.9 Å². The monoisotopic (exact) mass is 502 g/mol. The molecule has 6 nitrogen and oxygen atoms in total. The van der Waals surface area contributed by atoms with Gasteiger partial charge in [0.2, 0.25) is 0 Å². The molecule has 1 amide bonds. The van der Waals surface area contributed by atoms with Crippen LogP contribution in [0.5, 0.6) is 0 Å². The van der Waals surface area contributed by atoms with Gasteiger partial charge in [0, 0.05) is 50.8 Å². The van der Waals surface area contributed by atoms with Crippen LogP contribution in [-0.2, 0) is 6.54 Å². The highest BCUT2D eigenvalue weighted by Gasteiger charge is 2.29. The van der Waals surface area contributed by atoms with Gasteiger partial charge in [-0.05, 0) is 35.9 Å². The standard InChI is InChI=1S/C23H27ClF4N4O2/c24-17-2-4-20(21(14-17)32-10-8-31(9-11-32)7-5-23(26,27)28)30-22(34)18-3-1-16(13-19(18)25)15-29-6-12-33/h1-4,13-14,29,33H,5-12,15H2,(H,30,34). The van der Waals surface area contributed by atoms with Crippen molar-refractivity contribution in [2.24, 2.45) is 0 Å². The molecule has 0 saturated carbocycles. The summed E-state index contributed by atoms with van der Waals surface area (Å²) >= 11 is 6.16. The van der Waals surface area contributed by atoms with Gasteiger partial charge in [0.05, 0.1) is 30.0 Å². The third-order valence-corrected chi connectivity index (χ3v) is 5.76. The molecule has 3 N–H and O–H groups in total. The fourth-order valence-electron chi connectivity index (χ4n) is 3.72. The zero-order valence-electron chi connectivity index (χ0n) is 18.5. The van der Waals surface area contributed by atoms with Crippen molar-refractivity contribution in [3.63, 3.8) is 0 Å². The fraction of sp³-hybridized carbons (Fsp3) is 0.435. The second kappa shape index (κ2) is 11.8. The van der Waals surface area contributed by atoms with Crippen LogP contribution in [0.2, 0.25) is 5.02 Å². The molecule has 0 bridgehead atoms. The van der Waals surface area contributed by atoms with E-state index in [1.165, 1.54) is 12.1 Å². The molecule has 0 aliphatic carbocycles. The van der Waals surface area contributed by atoms with Gasteiger partial charge in [0.25, 0.3) is 5.91 Å². The molecule has 2 aromatic carbocycles. The van der Waals surface area contributed by atoms with Crippen LogP contribution in [0.4, 0.5) is 28.9 Å². The van der Waals surface area contributed by atoms with E-state index in [0.717, 1.165) is 0 Å². The number of aliphatic hydroxyl groups excluding tert-OH is 1. The number of carbonyl (C=O) groups excluding carboxylic acids is 1. The number of carbonyl (C=O) groups is 1. The molecule has 1 aliphatic rings. The summed E-state index contributed by atoms with van der Waals surface area (Å²) in [5, 5.41) is 14.9. The highest BCUT2D eigenvalue weighted by Crippen LogP contribution is 2.31. The molecular formula is C23H27ClF4N4O2. The van der Waals surface area contributed by atoms with Gasteiger partial charge in [-0.15, -0.1) is 0 Å². The van der Waals surface area contributed by atoms with Crippen molar-refractivity contribution in [1.29, 1.82) is 0 Å². The van der Waals surface area contributed by atoms with Crippen LogP contribution in [0.3, 0.4) is 0 Å². The molecule has 0 radical (unpaired) electrons. The van der Waals surface area contributed by atoms with Crippen LogP contribution in [0, 0.1) is 5.82 Å². The van der Waals surface area contributed by atoms with Gasteiger partial charge in [-0.1, -0.05) is 17.7 Å². The smallest absolute Gasteiger partial charge is 0.390 e. The zero-order chi connectivity index (χ0) is 24.7. The Morgan fingerprint density at radius 1 is 1.09 bits per heavy atom. The first-order chi connectivity index (χ1) is 16.2. The minimum atomic E-state index is -4.19. The maximum Gasteiger partial charge on any atom is 0.390 e. The summed E-state index contributed by atoms with van der Waals surface area (Å²) in [5.41, 5.74) is 1.58. The van der Waals surface area contributed by atoms with E-state index >= 15 is 0 Å². The summed E-state index contributed by atoms with van der Waals surface area (Å²) in [5.74, 6) is -1.30. The van der Waals surface area contributed by atoms with Gasteiger partial charge in [-0.3, -0.25) is 9.69 Å². The third-order valence-electron chi connectivity index (χ3n) is 5.53. The molecule has 186 valence electrons. The second-order valence-electron chi connectivity index (χ2n) is 8.02. The zero-order valence-corrected chi connectivity index (χ0v) is 19.2. The number of amides is 1. The van der Waals surface area contributed by atoms with E-state index in [1.807, 2.05) is 4.90 Å². The first-order valence-electron chi connectivity index (χ1n) is 10.9. The van der Waals surface area contributed by atoms with Crippen molar-refractivity contribution < 1.29 is 27.5 Å². The lowest BCUT2D eigenvalue weighted by Gasteiger charge is -2.37. The number of benzene rings is 2. The number of halogens is 5. The lowest BCUT2D eigenvalue weighted by atomic mass is 10.1. The average molecular weight is 503 g/mol. The molecule has 0 unspecified atom stereocenters. The van der Waals surface area contributed by atoms with Gasteiger partial charge >= 0.3 is 6.18 Å². The third kappa shape index (κ3) is 7.56. The Balaban J connectivity index is 1.67. The number of anilines is 2. The van der Waals surface area contributed by atoms with Crippen molar-refractivity contribution in [3.8, 4) is 0 Å². The summed E-state index contributed by atoms with van der Waals surface area (Å²) in [7, 11) is 0. The minimum Gasteiger partial charge on any atom is -0.395 e. The van der Waals surface area contributed by atoms with Crippen LogP contribution < -0.4 is 15.5 Å². The molecule has 3 rings (SSSR count). The van der Waals surface area contributed by atoms with E-state index in [-0.39, 0.29) is 18.7 Å². The highest BCUT2D eigenvalue weighted by molar-refractivity contribution is 6.31. The Kier molecular flexibility index (Phi) is 9.12. The van der Waals surface area contributed by atoms with Gasteiger partial charge in [0.1, 0.15) is 5.82 Å². The van der Waals surface area contributed by atoms with E-state index < -0.39 is 24.3 Å². The Morgan fingerprint density at radius 3 is 2.47 bits per heavy atom. The summed E-state index contributed by atoms with van der Waals surface area (Å²) in [6.07, 6.45) is -5.04. The summed E-state index contributed by atoms with van der Waals surface area (Å²) in [6, 6.07) is 9.20. The number of nitrogens with one attached hydrogen (secondary N) is 2. The highest BCUT2D eigenvalue weighted by atomic mass is 35.5. The number of alkyl halides is 3. The molecule has 1 fully saturated rings. The summed E-state index contributed by atoms with van der Waals surface area (Å²) in [6.45, 7) is 2.45. The number of nitrogens with zero attached hydrogens (tertiary/aromatic N) is 2. The van der Waals surface area contributed by atoms with Crippen LogP contribution in [0.25, 0.3) is 0 Å². The largest absolute Gasteiger partial charge is 0.395 e. The van der Waals surface area contributed by atoms with Crippen molar-refractivity contribution in [2.75, 3.05) is 56.1 Å². The van der Waals surface area contributed by atoms with E-state index in [9.17, 15) is 22.4 Å². The molecule has 0 atom stereocenters. The number of hydrogen-bond acceptors (Lipinski definition) is 5. The van der Waals surface area contributed by atoms with Gasteiger partial charge in [-0.25, -0.2) is 4.39 Å². The summed E-state index contributed by atoms with van der Waals surface area (Å²) < 4.78 is 52.1. The molecule has 1 aliphatic heterocycles. The molecule has 0 spiro atoms. The number of hydrogen-bond donors (Lipinski definition) is 3. The Hall–Kier alpha value is -2.40. The summed E-state index contributed by atoms with van der Waals surface area (Å²) in [4.78, 5) is 16.5. The van der Waals surface area contributed by atoms with Crippen LogP contribution >= 0.6 is 11.6 Å². The van der Waals surface area contributed by atoms with E-state index in [1.54, 1.807) is 29.2 Å². The normalized spacial score (nSPS) is 14.9. The molecule has 0 aromatic heterocycles. The Morgan fingerprint density at radius 2 is 1.82 bits per heavy atom. The van der Waals surface area contributed by atoms with Crippen LogP contribution in [-0.4, -0.2) is 68.0 Å². The van der Waals surface area contributed by atoms with Gasteiger partial charge in [0.15, 0.2) is 0 Å². The van der Waals surface area contributed by atoms with Gasteiger partial charge < -0.3 is 20.6 Å². The lowest BCUT2D eigenvalue weighted by molar-refractivity contribution is -0.138. The Bertz CT molecular complexity index is 982. The molecule has 34 heavy (non-hydrogen) atoms. The second-order valence-corrected chi connectivity index (χ2v) is 8.46. The number of rotatable bonds is 9. The van der Waals surface area contributed by atoms with E-state index in [4.69, 9.17) is 16.7 Å². The Labute approximate surface area is 200 Å². The van der Waals surface area contributed by atoms with E-state index in [2.05, 4.69) is 10.6 Å². The van der Waals surface area contributed by atoms with Crippen LogP contribution in [0.15, 0.2) is 36.4 Å². The van der Waals surface area contributed by atoms with Crippen molar-refractivity contribution in [3.05, 3.63) is 58.4 Å². The maximum atomic E-state index is 14.6. The van der Waals surface area contributed by atoms with Crippen molar-refractivity contribution in [1.82, 2.24) is 10.2 Å². The molecule has 1 heterocycles. The molecule has 11 heteroatoms. The minimum absolute atomic E-state index is 0.0327. The van der Waals surface area contributed by atoms with Crippen molar-refractivity contribution in [2.45, 2.75) is 19.1 Å². The topological polar surface area (TPSA) is 67.8 Å². The number of aliphatic hydroxyl groups is 1.